The molecule has 0 amide bonds. The van der Waals surface area contributed by atoms with Gasteiger partial charge in [0.2, 0.25) is 0 Å². The molecule has 1 saturated heterocycles. The summed E-state index contributed by atoms with van der Waals surface area (Å²) in [7, 11) is 0. The van der Waals surface area contributed by atoms with Crippen LogP contribution in [-0.2, 0) is 0 Å². The summed E-state index contributed by atoms with van der Waals surface area (Å²) >= 11 is 0. The predicted octanol–water partition coefficient (Wildman–Crippen LogP) is 2.67. The van der Waals surface area contributed by atoms with Gasteiger partial charge in [-0.1, -0.05) is 5.21 Å². The standard InChI is InChI=1S/C23H23FN8O2/c1-15-23(28-29-32(15)18-4-6-30(13-25)7-5-18)16-8-21(20-10-26-14-31(20)11-16)34-22(12-33)19-3-2-17(24)9-27-19/h2-3,8-11,14,18,22,33H,4-7,12H2,1H3/t22-/m1/s1. The lowest BCUT2D eigenvalue weighted by atomic mass is 10.0. The minimum Gasteiger partial charge on any atom is -0.479 e. The average Bonchev–Trinajstić information content (AvgIpc) is 3.49. The van der Waals surface area contributed by atoms with Crippen LogP contribution in [0, 0.1) is 24.2 Å². The first-order chi connectivity index (χ1) is 16.6. The molecule has 4 aromatic rings. The second-order valence-corrected chi connectivity index (χ2v) is 8.26. The van der Waals surface area contributed by atoms with E-state index >= 15 is 0 Å². The van der Waals surface area contributed by atoms with Gasteiger partial charge in [0, 0.05) is 24.8 Å². The van der Waals surface area contributed by atoms with E-state index in [9.17, 15) is 9.50 Å². The van der Waals surface area contributed by atoms with Gasteiger partial charge in [-0.15, -0.1) is 5.10 Å². The van der Waals surface area contributed by atoms with Crippen LogP contribution in [0.25, 0.3) is 16.8 Å². The topological polar surface area (TPSA) is 117 Å². The number of rotatable bonds is 6. The van der Waals surface area contributed by atoms with Gasteiger partial charge in [0.25, 0.3) is 0 Å². The summed E-state index contributed by atoms with van der Waals surface area (Å²) in [6, 6.07) is 4.79. The van der Waals surface area contributed by atoms with Crippen LogP contribution in [0.5, 0.6) is 5.75 Å². The first kappa shape index (κ1) is 21.8. The maximum Gasteiger partial charge on any atom is 0.179 e. The van der Waals surface area contributed by atoms with Crippen molar-refractivity contribution in [3.63, 3.8) is 0 Å². The Labute approximate surface area is 194 Å². The number of nitriles is 1. The maximum absolute atomic E-state index is 13.3. The van der Waals surface area contributed by atoms with Gasteiger partial charge < -0.3 is 19.1 Å². The van der Waals surface area contributed by atoms with Crippen LogP contribution in [0.1, 0.15) is 36.4 Å². The Morgan fingerprint density at radius 2 is 2.12 bits per heavy atom. The molecule has 0 unspecified atom stereocenters. The van der Waals surface area contributed by atoms with E-state index in [2.05, 4.69) is 26.5 Å². The van der Waals surface area contributed by atoms with E-state index in [1.165, 1.54) is 12.1 Å². The number of ether oxygens (including phenoxy) is 1. The van der Waals surface area contributed by atoms with Crippen LogP contribution in [0.4, 0.5) is 4.39 Å². The van der Waals surface area contributed by atoms with Crippen molar-refractivity contribution in [2.45, 2.75) is 31.9 Å². The summed E-state index contributed by atoms with van der Waals surface area (Å²) in [5.74, 6) is 0.0222. The summed E-state index contributed by atoms with van der Waals surface area (Å²) in [6.45, 7) is 3.05. The number of halogens is 1. The second kappa shape index (κ2) is 9.07. The normalized spacial score (nSPS) is 15.4. The largest absolute Gasteiger partial charge is 0.479 e. The molecular weight excluding hydrogens is 439 g/mol. The first-order valence-corrected chi connectivity index (χ1v) is 11.0. The zero-order chi connectivity index (χ0) is 23.7. The number of aliphatic hydroxyl groups excluding tert-OH is 1. The number of hydrogen-bond donors (Lipinski definition) is 1. The maximum atomic E-state index is 13.3. The SMILES string of the molecule is Cc1c(-c2cc(O[C@H](CO)c3ccc(F)cn3)c3cncn3c2)nnn1C1CCN(C#N)CC1. The Bertz CT molecular complexity index is 1340. The summed E-state index contributed by atoms with van der Waals surface area (Å²) in [4.78, 5) is 10.0. The highest BCUT2D eigenvalue weighted by Gasteiger charge is 2.24. The lowest BCUT2D eigenvalue weighted by molar-refractivity contribution is 0.114. The summed E-state index contributed by atoms with van der Waals surface area (Å²) in [5, 5.41) is 27.9. The number of imidazole rings is 1. The minimum atomic E-state index is -0.781. The summed E-state index contributed by atoms with van der Waals surface area (Å²) < 4.78 is 23.2. The number of likely N-dealkylation sites (tertiary alicyclic amines) is 1. The first-order valence-electron chi connectivity index (χ1n) is 11.0. The quantitative estimate of drug-likeness (QED) is 0.435. The lowest BCUT2D eigenvalue weighted by Gasteiger charge is -2.28. The van der Waals surface area contributed by atoms with Crippen LogP contribution >= 0.6 is 0 Å². The van der Waals surface area contributed by atoms with Crippen molar-refractivity contribution >= 4 is 5.52 Å². The molecule has 10 nitrogen and oxygen atoms in total. The Kier molecular flexibility index (Phi) is 5.81. The van der Waals surface area contributed by atoms with Crippen LogP contribution < -0.4 is 4.74 Å². The Balaban J connectivity index is 1.47. The molecule has 0 aromatic carbocycles. The fourth-order valence-corrected chi connectivity index (χ4v) is 4.31. The number of aromatic nitrogens is 6. The molecule has 11 heteroatoms. The van der Waals surface area contributed by atoms with E-state index in [1.54, 1.807) is 17.4 Å². The van der Waals surface area contributed by atoms with Crippen molar-refractivity contribution in [1.29, 1.82) is 5.26 Å². The van der Waals surface area contributed by atoms with E-state index in [1.807, 2.05) is 28.3 Å². The fourth-order valence-electron chi connectivity index (χ4n) is 4.31. The van der Waals surface area contributed by atoms with Gasteiger partial charge in [0.1, 0.15) is 22.8 Å². The van der Waals surface area contributed by atoms with Crippen LogP contribution in [0.3, 0.4) is 0 Å². The number of fused-ring (bicyclic) bond motifs is 1. The molecule has 0 saturated carbocycles. The Morgan fingerprint density at radius 1 is 1.29 bits per heavy atom. The third kappa shape index (κ3) is 4.04. The van der Waals surface area contributed by atoms with Crippen molar-refractivity contribution < 1.29 is 14.2 Å². The third-order valence-corrected chi connectivity index (χ3v) is 6.15. The molecule has 5 rings (SSSR count). The van der Waals surface area contributed by atoms with Crippen molar-refractivity contribution in [3.8, 4) is 23.2 Å². The third-order valence-electron chi connectivity index (χ3n) is 6.15. The highest BCUT2D eigenvalue weighted by Crippen LogP contribution is 2.33. The molecule has 4 aromatic heterocycles. The van der Waals surface area contributed by atoms with E-state index in [0.717, 1.165) is 30.3 Å². The number of nitrogens with zero attached hydrogens (tertiary/aromatic N) is 8. The number of pyridine rings is 2. The van der Waals surface area contributed by atoms with Crippen molar-refractivity contribution in [2.24, 2.45) is 0 Å². The molecule has 0 spiro atoms. The molecule has 34 heavy (non-hydrogen) atoms. The van der Waals surface area contributed by atoms with Crippen LogP contribution in [0.15, 0.2) is 43.1 Å². The van der Waals surface area contributed by atoms with E-state index in [0.29, 0.717) is 35.7 Å². The van der Waals surface area contributed by atoms with Gasteiger partial charge in [-0.05, 0) is 38.0 Å². The highest BCUT2D eigenvalue weighted by molar-refractivity contribution is 5.70. The highest BCUT2D eigenvalue weighted by atomic mass is 19.1. The fraction of sp³-hybridized carbons (Fsp3) is 0.348. The molecular formula is C23H23FN8O2. The van der Waals surface area contributed by atoms with Crippen LogP contribution in [-0.4, -0.2) is 59.1 Å². The van der Waals surface area contributed by atoms with Crippen molar-refractivity contribution in [1.82, 2.24) is 34.3 Å². The molecule has 0 bridgehead atoms. The van der Waals surface area contributed by atoms with Gasteiger partial charge in [-0.25, -0.2) is 14.1 Å². The summed E-state index contributed by atoms with van der Waals surface area (Å²) in [6.07, 6.45) is 9.40. The molecule has 1 fully saturated rings. The molecule has 0 radical (unpaired) electrons. The van der Waals surface area contributed by atoms with Crippen molar-refractivity contribution in [2.75, 3.05) is 19.7 Å². The zero-order valence-electron chi connectivity index (χ0n) is 18.5. The van der Waals surface area contributed by atoms with Gasteiger partial charge in [-0.2, -0.15) is 5.26 Å². The summed E-state index contributed by atoms with van der Waals surface area (Å²) in [5.41, 5.74) is 3.53. The van der Waals surface area contributed by atoms with Gasteiger partial charge in [0.05, 0.1) is 42.8 Å². The lowest BCUT2D eigenvalue weighted by Crippen LogP contribution is -2.31. The number of piperidine rings is 1. The van der Waals surface area contributed by atoms with E-state index in [4.69, 9.17) is 10.00 Å². The molecule has 0 aliphatic carbocycles. The monoisotopic (exact) mass is 462 g/mol. The van der Waals surface area contributed by atoms with Crippen molar-refractivity contribution in [3.05, 3.63) is 60.3 Å². The molecule has 5 heterocycles. The average molecular weight is 462 g/mol. The number of aliphatic hydroxyl groups is 1. The zero-order valence-corrected chi connectivity index (χ0v) is 18.5. The number of hydrogen-bond acceptors (Lipinski definition) is 8. The molecule has 174 valence electrons. The van der Waals surface area contributed by atoms with E-state index < -0.39 is 11.9 Å². The van der Waals surface area contributed by atoms with Gasteiger partial charge in [0.15, 0.2) is 12.3 Å². The Morgan fingerprint density at radius 3 is 2.82 bits per heavy atom. The molecule has 1 atom stereocenters. The smallest absolute Gasteiger partial charge is 0.179 e. The Hall–Kier alpha value is -4.04. The second-order valence-electron chi connectivity index (χ2n) is 8.26. The molecule has 1 aliphatic heterocycles. The predicted molar refractivity (Wildman–Crippen MR) is 119 cm³/mol. The van der Waals surface area contributed by atoms with Crippen LogP contribution in [0.2, 0.25) is 0 Å². The molecule has 1 aliphatic rings. The van der Waals surface area contributed by atoms with Gasteiger partial charge >= 0.3 is 0 Å². The molecule has 1 N–H and O–H groups in total. The van der Waals surface area contributed by atoms with E-state index in [-0.39, 0.29) is 12.6 Å². The van der Waals surface area contributed by atoms with Gasteiger partial charge in [-0.3, -0.25) is 4.98 Å². The minimum absolute atomic E-state index is 0.182.